The van der Waals surface area contributed by atoms with Crippen LogP contribution < -0.4 is 0 Å². The topological polar surface area (TPSA) is 101 Å². The van der Waals surface area contributed by atoms with E-state index in [1.165, 1.54) is 28.1 Å². The van der Waals surface area contributed by atoms with Crippen molar-refractivity contribution in [3.63, 3.8) is 0 Å². The Morgan fingerprint density at radius 3 is 1.74 bits per heavy atom. The Kier molecular flexibility index (Phi) is 4.51. The highest BCUT2D eigenvalue weighted by Gasteiger charge is 2.60. The molecule has 0 spiro atoms. The monoisotopic (exact) mass is 278 g/mol. The molecule has 1 rings (SSSR count). The van der Waals surface area contributed by atoms with Gasteiger partial charge < -0.3 is 28.8 Å². The molecular weight excluding hydrogens is 260 g/mol. The quantitative estimate of drug-likeness (QED) is 0.703. The van der Waals surface area contributed by atoms with Crippen molar-refractivity contribution in [2.24, 2.45) is 0 Å². The second kappa shape index (κ2) is 5.41. The summed E-state index contributed by atoms with van der Waals surface area (Å²) in [5, 5.41) is 9.11. The molecule has 0 aromatic heterocycles. The third kappa shape index (κ3) is 2.57. The molecule has 1 saturated heterocycles. The fraction of sp³-hybridized carbons (Fsp3) is 0.818. The molecule has 1 N–H and O–H groups in total. The largest absolute Gasteiger partial charge is 0.479 e. The van der Waals surface area contributed by atoms with E-state index in [1.807, 2.05) is 0 Å². The number of rotatable bonds is 4. The minimum absolute atomic E-state index is 0.867. The number of carbonyl (C=O) groups excluding carboxylic acids is 1. The molecule has 1 heterocycles. The molecule has 0 aromatic carbocycles. The first kappa shape index (κ1) is 15.8. The highest BCUT2D eigenvalue weighted by atomic mass is 16.8. The standard InChI is InChI=1S/C11H18O8/c1-10(16-4)11(2,17-5)19-7(9(14)15-3)6(18-10)8(12)13/h6-7H,1-5H3,(H,12,13)/t6-,7+,10+,11+/m0/s1. The van der Waals surface area contributed by atoms with E-state index in [0.29, 0.717) is 0 Å². The molecule has 8 nitrogen and oxygen atoms in total. The molecule has 1 aliphatic heterocycles. The molecule has 0 saturated carbocycles. The molecule has 19 heavy (non-hydrogen) atoms. The first-order valence-electron chi connectivity index (χ1n) is 5.51. The number of esters is 1. The number of ether oxygens (including phenoxy) is 5. The predicted octanol–water partition coefficient (Wildman–Crippen LogP) is -0.247. The predicted molar refractivity (Wildman–Crippen MR) is 60.2 cm³/mol. The summed E-state index contributed by atoms with van der Waals surface area (Å²) in [6, 6.07) is 0. The smallest absolute Gasteiger partial charge is 0.338 e. The SMILES string of the molecule is COC(=O)[C@@H]1O[C@@](C)(OC)[C@](C)(OC)O[C@@H]1C(=O)O. The van der Waals surface area contributed by atoms with E-state index in [1.54, 1.807) is 0 Å². The zero-order chi connectivity index (χ0) is 14.8. The molecule has 0 unspecified atom stereocenters. The number of carboxylic acid groups (broad SMARTS) is 1. The van der Waals surface area contributed by atoms with Crippen LogP contribution in [0.1, 0.15) is 13.8 Å². The van der Waals surface area contributed by atoms with Gasteiger partial charge in [-0.2, -0.15) is 0 Å². The molecule has 0 radical (unpaired) electrons. The Bertz CT molecular complexity index is 370. The van der Waals surface area contributed by atoms with Crippen LogP contribution in [0.25, 0.3) is 0 Å². The van der Waals surface area contributed by atoms with Crippen molar-refractivity contribution in [3.8, 4) is 0 Å². The summed E-state index contributed by atoms with van der Waals surface area (Å²) < 4.78 is 25.6. The lowest BCUT2D eigenvalue weighted by Gasteiger charge is -2.50. The molecule has 0 bridgehead atoms. The normalized spacial score (nSPS) is 38.8. The van der Waals surface area contributed by atoms with Gasteiger partial charge in [0.2, 0.25) is 11.6 Å². The number of hydrogen-bond acceptors (Lipinski definition) is 7. The summed E-state index contributed by atoms with van der Waals surface area (Å²) in [6.07, 6.45) is -3.00. The molecule has 0 aliphatic carbocycles. The van der Waals surface area contributed by atoms with E-state index in [-0.39, 0.29) is 0 Å². The van der Waals surface area contributed by atoms with Gasteiger partial charge in [-0.25, -0.2) is 9.59 Å². The Hall–Kier alpha value is -1.22. The number of aliphatic carboxylic acids is 1. The Labute approximate surface area is 110 Å². The van der Waals surface area contributed by atoms with Gasteiger partial charge in [0.05, 0.1) is 7.11 Å². The van der Waals surface area contributed by atoms with Crippen molar-refractivity contribution in [1.29, 1.82) is 0 Å². The maximum absolute atomic E-state index is 11.6. The van der Waals surface area contributed by atoms with Gasteiger partial charge in [-0.15, -0.1) is 0 Å². The second-order valence-corrected chi connectivity index (χ2v) is 4.24. The second-order valence-electron chi connectivity index (χ2n) is 4.24. The minimum atomic E-state index is -1.55. The third-order valence-corrected chi connectivity index (χ3v) is 3.26. The number of methoxy groups -OCH3 is 3. The van der Waals surface area contributed by atoms with Crippen LogP contribution >= 0.6 is 0 Å². The molecule has 0 amide bonds. The summed E-state index contributed by atoms with van der Waals surface area (Å²) in [4.78, 5) is 22.8. The Morgan fingerprint density at radius 1 is 1.00 bits per heavy atom. The van der Waals surface area contributed by atoms with Crippen LogP contribution in [0.5, 0.6) is 0 Å². The van der Waals surface area contributed by atoms with Crippen molar-refractivity contribution in [1.82, 2.24) is 0 Å². The Morgan fingerprint density at radius 2 is 1.42 bits per heavy atom. The summed E-state index contributed by atoms with van der Waals surface area (Å²) in [5.74, 6) is -5.19. The Balaban J connectivity index is 3.16. The number of carbonyl (C=O) groups is 2. The van der Waals surface area contributed by atoms with Crippen molar-refractivity contribution < 1.29 is 38.4 Å². The summed E-state index contributed by atoms with van der Waals surface area (Å²) in [7, 11) is 3.77. The maximum Gasteiger partial charge on any atom is 0.338 e. The fourth-order valence-electron chi connectivity index (χ4n) is 1.76. The van der Waals surface area contributed by atoms with Crippen LogP contribution in [-0.4, -0.2) is 62.2 Å². The number of hydrogen-bond donors (Lipinski definition) is 1. The van der Waals surface area contributed by atoms with Crippen LogP contribution in [0.15, 0.2) is 0 Å². The highest BCUT2D eigenvalue weighted by molar-refractivity contribution is 5.85. The van der Waals surface area contributed by atoms with Crippen molar-refractivity contribution in [3.05, 3.63) is 0 Å². The van der Waals surface area contributed by atoms with Gasteiger partial charge in [0.25, 0.3) is 0 Å². The lowest BCUT2D eigenvalue weighted by Crippen LogP contribution is -2.68. The van der Waals surface area contributed by atoms with Crippen molar-refractivity contribution >= 4 is 11.9 Å². The maximum atomic E-state index is 11.6. The molecule has 4 atom stereocenters. The number of carboxylic acids is 1. The average Bonchev–Trinajstić information content (AvgIpc) is 2.40. The van der Waals surface area contributed by atoms with Crippen LogP contribution in [0, 0.1) is 0 Å². The molecule has 1 aliphatic rings. The van der Waals surface area contributed by atoms with Crippen LogP contribution in [-0.2, 0) is 33.3 Å². The summed E-state index contributed by atoms with van der Waals surface area (Å²) >= 11 is 0. The first-order chi connectivity index (χ1) is 8.74. The van der Waals surface area contributed by atoms with E-state index >= 15 is 0 Å². The lowest BCUT2D eigenvalue weighted by atomic mass is 10.0. The van der Waals surface area contributed by atoms with Crippen molar-refractivity contribution in [2.75, 3.05) is 21.3 Å². The lowest BCUT2D eigenvalue weighted by molar-refractivity contribution is -0.439. The van der Waals surface area contributed by atoms with Crippen LogP contribution in [0.3, 0.4) is 0 Å². The van der Waals surface area contributed by atoms with Gasteiger partial charge in [-0.05, 0) is 13.8 Å². The molecule has 110 valence electrons. The van der Waals surface area contributed by atoms with Gasteiger partial charge in [0.1, 0.15) is 0 Å². The zero-order valence-electron chi connectivity index (χ0n) is 11.5. The highest BCUT2D eigenvalue weighted by Crippen LogP contribution is 2.39. The van der Waals surface area contributed by atoms with E-state index in [0.717, 1.165) is 7.11 Å². The third-order valence-electron chi connectivity index (χ3n) is 3.26. The first-order valence-corrected chi connectivity index (χ1v) is 5.51. The zero-order valence-corrected chi connectivity index (χ0v) is 11.5. The van der Waals surface area contributed by atoms with Gasteiger partial charge in [-0.3, -0.25) is 0 Å². The van der Waals surface area contributed by atoms with Crippen LogP contribution in [0.2, 0.25) is 0 Å². The molecule has 8 heteroatoms. The van der Waals surface area contributed by atoms with Gasteiger partial charge >= 0.3 is 11.9 Å². The fourth-order valence-corrected chi connectivity index (χ4v) is 1.76. The van der Waals surface area contributed by atoms with Gasteiger partial charge in [0, 0.05) is 14.2 Å². The van der Waals surface area contributed by atoms with E-state index in [4.69, 9.17) is 24.1 Å². The summed E-state index contributed by atoms with van der Waals surface area (Å²) in [5.41, 5.74) is 0. The van der Waals surface area contributed by atoms with Crippen molar-refractivity contribution in [2.45, 2.75) is 37.6 Å². The van der Waals surface area contributed by atoms with E-state index in [2.05, 4.69) is 4.74 Å². The van der Waals surface area contributed by atoms with Gasteiger partial charge in [-0.1, -0.05) is 0 Å². The van der Waals surface area contributed by atoms with E-state index in [9.17, 15) is 9.59 Å². The molecule has 0 aromatic rings. The summed E-state index contributed by atoms with van der Waals surface area (Å²) in [6.45, 7) is 2.93. The minimum Gasteiger partial charge on any atom is -0.479 e. The molecular formula is C11H18O8. The molecule has 1 fully saturated rings. The van der Waals surface area contributed by atoms with Gasteiger partial charge in [0.15, 0.2) is 12.2 Å². The van der Waals surface area contributed by atoms with E-state index < -0.39 is 35.7 Å². The van der Waals surface area contributed by atoms with Crippen LogP contribution in [0.4, 0.5) is 0 Å². The average molecular weight is 278 g/mol.